The molecular formula is C17H14ClNOS. The minimum Gasteiger partial charge on any atom is -0.293 e. The molecule has 0 N–H and O–H groups in total. The largest absolute Gasteiger partial charge is 0.293 e. The SMILES string of the molecule is CC(C)C(=O)c1ccc(-c2ccc(Cl)c3cccnc23)s1. The molecule has 0 radical (unpaired) electrons. The van der Waals surface area contributed by atoms with Crippen LogP contribution in [0.25, 0.3) is 21.3 Å². The minimum atomic E-state index is 0.0107. The fourth-order valence-electron chi connectivity index (χ4n) is 2.24. The number of aromatic nitrogens is 1. The van der Waals surface area contributed by atoms with Gasteiger partial charge >= 0.3 is 0 Å². The Morgan fingerprint density at radius 2 is 2.00 bits per heavy atom. The van der Waals surface area contributed by atoms with Crippen molar-refractivity contribution in [3.05, 3.63) is 52.5 Å². The van der Waals surface area contributed by atoms with Crippen molar-refractivity contribution in [1.82, 2.24) is 4.98 Å². The number of carbonyl (C=O) groups is 1. The number of Topliss-reactive ketones (excluding diaryl/α,β-unsaturated/α-hetero) is 1. The van der Waals surface area contributed by atoms with Crippen molar-refractivity contribution in [2.45, 2.75) is 13.8 Å². The Morgan fingerprint density at radius 3 is 2.76 bits per heavy atom. The van der Waals surface area contributed by atoms with Gasteiger partial charge in [-0.1, -0.05) is 25.4 Å². The molecule has 0 unspecified atom stereocenters. The third kappa shape index (κ3) is 2.59. The molecule has 0 aliphatic carbocycles. The molecule has 0 spiro atoms. The van der Waals surface area contributed by atoms with Crippen LogP contribution in [0.1, 0.15) is 23.5 Å². The van der Waals surface area contributed by atoms with Gasteiger partial charge in [-0.25, -0.2) is 0 Å². The van der Waals surface area contributed by atoms with Gasteiger partial charge in [0.05, 0.1) is 15.4 Å². The van der Waals surface area contributed by atoms with Gasteiger partial charge in [-0.15, -0.1) is 11.3 Å². The van der Waals surface area contributed by atoms with Crippen LogP contribution in [-0.4, -0.2) is 10.8 Å². The Hall–Kier alpha value is -1.71. The van der Waals surface area contributed by atoms with E-state index >= 15 is 0 Å². The van der Waals surface area contributed by atoms with E-state index < -0.39 is 0 Å². The van der Waals surface area contributed by atoms with Gasteiger partial charge in [0.1, 0.15) is 0 Å². The summed E-state index contributed by atoms with van der Waals surface area (Å²) >= 11 is 7.73. The smallest absolute Gasteiger partial charge is 0.175 e. The van der Waals surface area contributed by atoms with Gasteiger partial charge in [-0.2, -0.15) is 0 Å². The molecule has 2 aromatic heterocycles. The van der Waals surface area contributed by atoms with Crippen molar-refractivity contribution in [2.75, 3.05) is 0 Å². The standard InChI is InChI=1S/C17H14ClNOS/c1-10(2)17(20)15-8-7-14(21-15)12-5-6-13(18)11-4-3-9-19-16(11)12/h3-10H,1-2H3. The summed E-state index contributed by atoms with van der Waals surface area (Å²) in [6.45, 7) is 3.84. The maximum absolute atomic E-state index is 12.1. The zero-order valence-electron chi connectivity index (χ0n) is 11.8. The molecule has 4 heteroatoms. The zero-order chi connectivity index (χ0) is 15.0. The maximum atomic E-state index is 12.1. The maximum Gasteiger partial charge on any atom is 0.175 e. The first-order valence-corrected chi connectivity index (χ1v) is 7.95. The first kappa shape index (κ1) is 14.2. The topological polar surface area (TPSA) is 30.0 Å². The van der Waals surface area contributed by atoms with Gasteiger partial charge in [0, 0.05) is 27.9 Å². The number of thiophene rings is 1. The Morgan fingerprint density at radius 1 is 1.19 bits per heavy atom. The molecule has 0 aliphatic rings. The normalized spacial score (nSPS) is 11.2. The summed E-state index contributed by atoms with van der Waals surface area (Å²) in [5.41, 5.74) is 1.89. The lowest BCUT2D eigenvalue weighted by Crippen LogP contribution is -2.04. The van der Waals surface area contributed by atoms with E-state index in [1.165, 1.54) is 11.3 Å². The van der Waals surface area contributed by atoms with E-state index in [1.54, 1.807) is 6.20 Å². The van der Waals surface area contributed by atoms with Crippen molar-refractivity contribution in [3.63, 3.8) is 0 Å². The number of benzene rings is 1. The fourth-order valence-corrected chi connectivity index (χ4v) is 3.57. The number of fused-ring (bicyclic) bond motifs is 1. The molecule has 3 aromatic rings. The Labute approximate surface area is 132 Å². The third-order valence-electron chi connectivity index (χ3n) is 3.36. The average Bonchev–Trinajstić information content (AvgIpc) is 2.96. The Bertz CT molecular complexity index is 823. The highest BCUT2D eigenvalue weighted by molar-refractivity contribution is 7.17. The molecule has 0 saturated heterocycles. The average molecular weight is 316 g/mol. The molecule has 0 aliphatic heterocycles. The quantitative estimate of drug-likeness (QED) is 0.601. The van der Waals surface area contributed by atoms with Crippen molar-refractivity contribution >= 4 is 39.6 Å². The second kappa shape index (κ2) is 5.58. The van der Waals surface area contributed by atoms with E-state index in [0.29, 0.717) is 5.02 Å². The van der Waals surface area contributed by atoms with Crippen LogP contribution in [0.15, 0.2) is 42.6 Å². The van der Waals surface area contributed by atoms with Gasteiger partial charge in [-0.3, -0.25) is 9.78 Å². The van der Waals surface area contributed by atoms with Gasteiger partial charge in [0.25, 0.3) is 0 Å². The van der Waals surface area contributed by atoms with Crippen LogP contribution in [0.3, 0.4) is 0 Å². The molecule has 0 bridgehead atoms. The van der Waals surface area contributed by atoms with Crippen LogP contribution < -0.4 is 0 Å². The van der Waals surface area contributed by atoms with Crippen LogP contribution in [0.4, 0.5) is 0 Å². The van der Waals surface area contributed by atoms with Crippen LogP contribution in [-0.2, 0) is 0 Å². The molecule has 0 atom stereocenters. The third-order valence-corrected chi connectivity index (χ3v) is 4.82. The highest BCUT2D eigenvalue weighted by Crippen LogP contribution is 2.35. The van der Waals surface area contributed by atoms with Crippen LogP contribution >= 0.6 is 22.9 Å². The summed E-state index contributed by atoms with van der Waals surface area (Å²) in [5.74, 6) is 0.189. The van der Waals surface area contributed by atoms with Gasteiger partial charge in [0.2, 0.25) is 0 Å². The predicted octanol–water partition coefficient (Wildman–Crippen LogP) is 5.46. The summed E-state index contributed by atoms with van der Waals surface area (Å²) in [4.78, 5) is 18.4. The lowest BCUT2D eigenvalue weighted by Gasteiger charge is -2.05. The summed E-state index contributed by atoms with van der Waals surface area (Å²) in [7, 11) is 0. The van der Waals surface area contributed by atoms with Gasteiger partial charge in [-0.05, 0) is 36.4 Å². The van der Waals surface area contributed by atoms with Crippen molar-refractivity contribution in [1.29, 1.82) is 0 Å². The summed E-state index contributed by atoms with van der Waals surface area (Å²) in [6.07, 6.45) is 1.76. The van der Waals surface area contributed by atoms with Crippen LogP contribution in [0.5, 0.6) is 0 Å². The van der Waals surface area contributed by atoms with Gasteiger partial charge in [0.15, 0.2) is 5.78 Å². The lowest BCUT2D eigenvalue weighted by atomic mass is 10.1. The van der Waals surface area contributed by atoms with E-state index in [4.69, 9.17) is 11.6 Å². The van der Waals surface area contributed by atoms with Crippen molar-refractivity contribution in [2.24, 2.45) is 5.92 Å². The minimum absolute atomic E-state index is 0.0107. The summed E-state index contributed by atoms with van der Waals surface area (Å²) in [5, 5.41) is 1.62. The molecular weight excluding hydrogens is 302 g/mol. The second-order valence-electron chi connectivity index (χ2n) is 5.18. The first-order chi connectivity index (χ1) is 10.1. The second-order valence-corrected chi connectivity index (χ2v) is 6.67. The highest BCUT2D eigenvalue weighted by atomic mass is 35.5. The number of hydrogen-bond donors (Lipinski definition) is 0. The van der Waals surface area contributed by atoms with Crippen LogP contribution in [0.2, 0.25) is 5.02 Å². The predicted molar refractivity (Wildman–Crippen MR) is 89.2 cm³/mol. The highest BCUT2D eigenvalue weighted by Gasteiger charge is 2.15. The summed E-state index contributed by atoms with van der Waals surface area (Å²) in [6, 6.07) is 11.6. The van der Waals surface area contributed by atoms with Crippen molar-refractivity contribution < 1.29 is 4.79 Å². The molecule has 3 rings (SSSR count). The Balaban J connectivity index is 2.14. The number of hydrogen-bond acceptors (Lipinski definition) is 3. The first-order valence-electron chi connectivity index (χ1n) is 6.75. The van der Waals surface area contributed by atoms with E-state index in [0.717, 1.165) is 26.2 Å². The molecule has 0 amide bonds. The van der Waals surface area contributed by atoms with Crippen molar-refractivity contribution in [3.8, 4) is 10.4 Å². The number of halogens is 1. The van der Waals surface area contributed by atoms with E-state index in [9.17, 15) is 4.79 Å². The fraction of sp³-hybridized carbons (Fsp3) is 0.176. The molecule has 106 valence electrons. The lowest BCUT2D eigenvalue weighted by molar-refractivity contribution is 0.0943. The number of carbonyl (C=O) groups excluding carboxylic acids is 1. The molecule has 21 heavy (non-hydrogen) atoms. The zero-order valence-corrected chi connectivity index (χ0v) is 13.3. The van der Waals surface area contributed by atoms with E-state index in [1.807, 2.05) is 50.2 Å². The van der Waals surface area contributed by atoms with Crippen LogP contribution in [0, 0.1) is 5.92 Å². The number of ketones is 1. The van der Waals surface area contributed by atoms with E-state index in [-0.39, 0.29) is 11.7 Å². The number of nitrogens with zero attached hydrogens (tertiary/aromatic N) is 1. The molecule has 2 heterocycles. The monoisotopic (exact) mass is 315 g/mol. The Kier molecular flexibility index (Phi) is 3.79. The van der Waals surface area contributed by atoms with Gasteiger partial charge < -0.3 is 0 Å². The molecule has 0 fully saturated rings. The number of rotatable bonds is 3. The van der Waals surface area contributed by atoms with E-state index in [2.05, 4.69) is 4.98 Å². The molecule has 0 saturated carbocycles. The molecule has 2 nitrogen and oxygen atoms in total. The number of pyridine rings is 1. The molecule has 1 aromatic carbocycles. The summed E-state index contributed by atoms with van der Waals surface area (Å²) < 4.78 is 0.